The number of nitrogens with two attached hydrogens (primary N) is 1. The molecule has 4 heteroatoms. The van der Waals surface area contributed by atoms with Crippen LogP contribution in [0.3, 0.4) is 0 Å². The van der Waals surface area contributed by atoms with Gasteiger partial charge >= 0.3 is 0 Å². The standard InChI is InChI=1S/C12H12N2O2/c1-2-14-10(11(13)15)7-8-5-3-4-6-9(8)12(14)16/h3-7H,2H2,1H3,(H2,13,15). The van der Waals surface area contributed by atoms with Gasteiger partial charge in [-0.25, -0.2) is 0 Å². The molecular weight excluding hydrogens is 204 g/mol. The van der Waals surface area contributed by atoms with Crippen molar-refractivity contribution >= 4 is 16.7 Å². The van der Waals surface area contributed by atoms with Crippen molar-refractivity contribution in [2.75, 3.05) is 0 Å². The summed E-state index contributed by atoms with van der Waals surface area (Å²) in [7, 11) is 0. The van der Waals surface area contributed by atoms with E-state index in [1.807, 2.05) is 13.0 Å². The molecule has 0 aliphatic carbocycles. The molecule has 1 heterocycles. The normalized spacial score (nSPS) is 10.6. The fraction of sp³-hybridized carbons (Fsp3) is 0.167. The van der Waals surface area contributed by atoms with Crippen LogP contribution >= 0.6 is 0 Å². The van der Waals surface area contributed by atoms with Crippen molar-refractivity contribution in [1.82, 2.24) is 4.57 Å². The topological polar surface area (TPSA) is 65.1 Å². The second-order valence-corrected chi connectivity index (χ2v) is 3.53. The fourth-order valence-electron chi connectivity index (χ4n) is 1.82. The molecule has 0 saturated heterocycles. The van der Waals surface area contributed by atoms with E-state index in [-0.39, 0.29) is 11.3 Å². The summed E-state index contributed by atoms with van der Waals surface area (Å²) in [6, 6.07) is 8.82. The van der Waals surface area contributed by atoms with Crippen LogP contribution in [-0.2, 0) is 6.54 Å². The van der Waals surface area contributed by atoms with Gasteiger partial charge in [0.1, 0.15) is 5.69 Å². The highest BCUT2D eigenvalue weighted by atomic mass is 16.2. The average Bonchev–Trinajstić information content (AvgIpc) is 2.29. The van der Waals surface area contributed by atoms with Crippen LogP contribution in [0.2, 0.25) is 0 Å². The molecule has 0 unspecified atom stereocenters. The summed E-state index contributed by atoms with van der Waals surface area (Å²) in [5.74, 6) is -0.579. The summed E-state index contributed by atoms with van der Waals surface area (Å²) in [4.78, 5) is 23.3. The van der Waals surface area contributed by atoms with Gasteiger partial charge in [0.05, 0.1) is 0 Å². The number of carbonyl (C=O) groups excluding carboxylic acids is 1. The maximum Gasteiger partial charge on any atom is 0.265 e. The Morgan fingerprint density at radius 2 is 2.06 bits per heavy atom. The molecule has 2 aromatic rings. The van der Waals surface area contributed by atoms with E-state index in [1.165, 1.54) is 4.57 Å². The average molecular weight is 216 g/mol. The molecule has 16 heavy (non-hydrogen) atoms. The first kappa shape index (κ1) is 10.4. The second-order valence-electron chi connectivity index (χ2n) is 3.53. The summed E-state index contributed by atoms with van der Waals surface area (Å²) < 4.78 is 1.39. The SMILES string of the molecule is CCn1c(C(N)=O)cc2ccccc2c1=O. The lowest BCUT2D eigenvalue weighted by molar-refractivity contribution is 0.0990. The molecule has 0 saturated carbocycles. The van der Waals surface area contributed by atoms with E-state index in [0.29, 0.717) is 11.9 Å². The van der Waals surface area contributed by atoms with Gasteiger partial charge in [-0.3, -0.25) is 9.59 Å². The van der Waals surface area contributed by atoms with Gasteiger partial charge in [-0.05, 0) is 24.4 Å². The Bertz CT molecular complexity index is 614. The zero-order chi connectivity index (χ0) is 11.7. The van der Waals surface area contributed by atoms with Crippen LogP contribution in [-0.4, -0.2) is 10.5 Å². The van der Waals surface area contributed by atoms with Crippen LogP contribution in [0.5, 0.6) is 0 Å². The molecule has 0 spiro atoms. The van der Waals surface area contributed by atoms with Gasteiger partial charge in [0.15, 0.2) is 0 Å². The lowest BCUT2D eigenvalue weighted by Crippen LogP contribution is -2.28. The molecule has 1 amide bonds. The Labute approximate surface area is 92.3 Å². The molecule has 82 valence electrons. The van der Waals surface area contributed by atoms with Crippen LogP contribution in [0.4, 0.5) is 0 Å². The maximum absolute atomic E-state index is 12.0. The highest BCUT2D eigenvalue weighted by Gasteiger charge is 2.11. The fourth-order valence-corrected chi connectivity index (χ4v) is 1.82. The van der Waals surface area contributed by atoms with Crippen LogP contribution in [0.25, 0.3) is 10.8 Å². The molecule has 0 fully saturated rings. The number of rotatable bonds is 2. The highest BCUT2D eigenvalue weighted by Crippen LogP contribution is 2.11. The largest absolute Gasteiger partial charge is 0.364 e. The van der Waals surface area contributed by atoms with Crippen molar-refractivity contribution in [2.45, 2.75) is 13.5 Å². The number of hydrogen-bond acceptors (Lipinski definition) is 2. The Kier molecular flexibility index (Phi) is 2.48. The Hall–Kier alpha value is -2.10. The Morgan fingerprint density at radius 3 is 2.69 bits per heavy atom. The molecule has 0 radical (unpaired) electrons. The van der Waals surface area contributed by atoms with Crippen molar-refractivity contribution in [2.24, 2.45) is 5.73 Å². The smallest absolute Gasteiger partial charge is 0.265 e. The minimum Gasteiger partial charge on any atom is -0.364 e. The summed E-state index contributed by atoms with van der Waals surface area (Å²) in [5.41, 5.74) is 5.34. The number of nitrogens with zero attached hydrogens (tertiary/aromatic N) is 1. The monoisotopic (exact) mass is 216 g/mol. The third-order valence-electron chi connectivity index (χ3n) is 2.59. The minimum absolute atomic E-state index is 0.172. The van der Waals surface area contributed by atoms with Gasteiger partial charge in [0.25, 0.3) is 11.5 Å². The van der Waals surface area contributed by atoms with Crippen molar-refractivity contribution < 1.29 is 4.79 Å². The van der Waals surface area contributed by atoms with Gasteiger partial charge in [-0.1, -0.05) is 18.2 Å². The number of primary amides is 1. The van der Waals surface area contributed by atoms with Gasteiger partial charge in [0, 0.05) is 11.9 Å². The van der Waals surface area contributed by atoms with Crippen LogP contribution < -0.4 is 11.3 Å². The van der Waals surface area contributed by atoms with Gasteiger partial charge in [-0.15, -0.1) is 0 Å². The number of aromatic nitrogens is 1. The van der Waals surface area contributed by atoms with Crippen molar-refractivity contribution in [3.63, 3.8) is 0 Å². The zero-order valence-electron chi connectivity index (χ0n) is 8.93. The number of hydrogen-bond donors (Lipinski definition) is 1. The van der Waals surface area contributed by atoms with Crippen molar-refractivity contribution in [3.8, 4) is 0 Å². The Morgan fingerprint density at radius 1 is 1.38 bits per heavy atom. The van der Waals surface area contributed by atoms with E-state index in [4.69, 9.17) is 5.73 Å². The van der Waals surface area contributed by atoms with E-state index in [2.05, 4.69) is 0 Å². The predicted octanol–water partition coefficient (Wildman–Crippen LogP) is 1.12. The summed E-state index contributed by atoms with van der Waals surface area (Å²) in [6.45, 7) is 2.24. The lowest BCUT2D eigenvalue weighted by Gasteiger charge is -2.09. The first-order chi connectivity index (χ1) is 7.65. The Balaban J connectivity index is 2.93. The summed E-state index contributed by atoms with van der Waals surface area (Å²) in [6.07, 6.45) is 0. The number of benzene rings is 1. The minimum atomic E-state index is -0.579. The molecule has 0 aliphatic heterocycles. The number of amides is 1. The molecular formula is C12H12N2O2. The summed E-state index contributed by atoms with van der Waals surface area (Å²) >= 11 is 0. The lowest BCUT2D eigenvalue weighted by atomic mass is 10.1. The molecule has 2 rings (SSSR count). The van der Waals surface area contributed by atoms with Gasteiger partial charge < -0.3 is 10.3 Å². The number of fused-ring (bicyclic) bond motifs is 1. The number of pyridine rings is 1. The quantitative estimate of drug-likeness (QED) is 0.817. The molecule has 2 N–H and O–H groups in total. The third kappa shape index (κ3) is 1.48. The van der Waals surface area contributed by atoms with Crippen LogP contribution in [0.15, 0.2) is 35.1 Å². The third-order valence-corrected chi connectivity index (χ3v) is 2.59. The first-order valence-electron chi connectivity index (χ1n) is 5.07. The molecule has 0 aliphatic rings. The zero-order valence-corrected chi connectivity index (χ0v) is 8.93. The van der Waals surface area contributed by atoms with E-state index in [9.17, 15) is 9.59 Å². The van der Waals surface area contributed by atoms with Gasteiger partial charge in [-0.2, -0.15) is 0 Å². The highest BCUT2D eigenvalue weighted by molar-refractivity contribution is 5.95. The van der Waals surface area contributed by atoms with Crippen LogP contribution in [0, 0.1) is 0 Å². The van der Waals surface area contributed by atoms with Crippen molar-refractivity contribution in [3.05, 3.63) is 46.4 Å². The first-order valence-corrected chi connectivity index (χ1v) is 5.07. The molecule has 0 atom stereocenters. The van der Waals surface area contributed by atoms with E-state index < -0.39 is 5.91 Å². The van der Waals surface area contributed by atoms with E-state index >= 15 is 0 Å². The van der Waals surface area contributed by atoms with E-state index in [0.717, 1.165) is 5.39 Å². The maximum atomic E-state index is 12.0. The molecule has 4 nitrogen and oxygen atoms in total. The van der Waals surface area contributed by atoms with Gasteiger partial charge in [0.2, 0.25) is 0 Å². The second kappa shape index (κ2) is 3.81. The predicted molar refractivity (Wildman–Crippen MR) is 62.4 cm³/mol. The van der Waals surface area contributed by atoms with Crippen LogP contribution in [0.1, 0.15) is 17.4 Å². The van der Waals surface area contributed by atoms with E-state index in [1.54, 1.807) is 24.3 Å². The molecule has 1 aromatic carbocycles. The molecule has 0 bridgehead atoms. The number of carbonyl (C=O) groups is 1. The molecule has 1 aromatic heterocycles. The summed E-state index contributed by atoms with van der Waals surface area (Å²) in [5, 5.41) is 1.35. The van der Waals surface area contributed by atoms with Crippen molar-refractivity contribution in [1.29, 1.82) is 0 Å².